The molecule has 0 unspecified atom stereocenters. The van der Waals surface area contributed by atoms with E-state index in [2.05, 4.69) is 37.6 Å². The third-order valence-electron chi connectivity index (χ3n) is 5.63. The van der Waals surface area contributed by atoms with Gasteiger partial charge in [0.1, 0.15) is 0 Å². The van der Waals surface area contributed by atoms with Crippen molar-refractivity contribution in [2.45, 2.75) is 19.9 Å². The zero-order valence-corrected chi connectivity index (χ0v) is 19.4. The van der Waals surface area contributed by atoms with Crippen LogP contribution in [0.1, 0.15) is 13.8 Å². The molecule has 34 heavy (non-hydrogen) atoms. The Hall–Kier alpha value is -3.98. The molecule has 1 saturated heterocycles. The Labute approximate surface area is 199 Å². The zero-order valence-electron chi connectivity index (χ0n) is 19.4. The van der Waals surface area contributed by atoms with Crippen LogP contribution in [0.2, 0.25) is 0 Å². The molecule has 0 spiro atoms. The second-order valence-corrected chi connectivity index (χ2v) is 8.30. The molecule has 9 heteroatoms. The van der Waals surface area contributed by atoms with Gasteiger partial charge in [0.25, 0.3) is 0 Å². The fraction of sp³-hybridized carbons (Fsp3) is 0.280. The van der Waals surface area contributed by atoms with Crippen LogP contribution >= 0.6 is 0 Å². The van der Waals surface area contributed by atoms with Crippen LogP contribution in [0.3, 0.4) is 0 Å². The van der Waals surface area contributed by atoms with Gasteiger partial charge in [0, 0.05) is 61.9 Å². The van der Waals surface area contributed by atoms with Crippen molar-refractivity contribution in [3.05, 3.63) is 60.8 Å². The lowest BCUT2D eigenvalue weighted by Gasteiger charge is -2.36. The van der Waals surface area contributed by atoms with E-state index in [1.807, 2.05) is 47.4 Å². The van der Waals surface area contributed by atoms with Crippen LogP contribution in [0.5, 0.6) is 0 Å². The van der Waals surface area contributed by atoms with Gasteiger partial charge in [-0.1, -0.05) is 12.1 Å². The van der Waals surface area contributed by atoms with Gasteiger partial charge in [-0.15, -0.1) is 0 Å². The zero-order chi connectivity index (χ0) is 24.1. The Balaban J connectivity index is 1.38. The van der Waals surface area contributed by atoms with Gasteiger partial charge in [-0.25, -0.2) is 9.97 Å². The lowest BCUT2D eigenvalue weighted by molar-refractivity contribution is -0.132. The van der Waals surface area contributed by atoms with Crippen LogP contribution in [0.25, 0.3) is 11.3 Å². The molecule has 1 aromatic heterocycles. The number of rotatable bonds is 6. The van der Waals surface area contributed by atoms with E-state index < -0.39 is 6.04 Å². The highest BCUT2D eigenvalue weighted by Gasteiger charge is 2.23. The molecule has 176 valence electrons. The third-order valence-corrected chi connectivity index (χ3v) is 5.63. The molecule has 0 radical (unpaired) electrons. The molecule has 2 aromatic carbocycles. The van der Waals surface area contributed by atoms with E-state index in [4.69, 9.17) is 5.73 Å². The summed E-state index contributed by atoms with van der Waals surface area (Å²) in [5.41, 5.74) is 10.2. The number of nitrogens with zero attached hydrogens (tertiary/aromatic N) is 4. The van der Waals surface area contributed by atoms with Crippen molar-refractivity contribution >= 4 is 34.8 Å². The molecule has 9 nitrogen and oxygen atoms in total. The molecule has 3 aromatic rings. The van der Waals surface area contributed by atoms with Crippen molar-refractivity contribution in [2.75, 3.05) is 41.7 Å². The van der Waals surface area contributed by atoms with Crippen molar-refractivity contribution in [3.63, 3.8) is 0 Å². The van der Waals surface area contributed by atoms with E-state index in [9.17, 15) is 9.59 Å². The molecular formula is C25H29N7O2. The van der Waals surface area contributed by atoms with Crippen LogP contribution in [0, 0.1) is 0 Å². The van der Waals surface area contributed by atoms with Crippen LogP contribution in [0.15, 0.2) is 60.8 Å². The average molecular weight is 460 g/mol. The molecule has 4 rings (SSSR count). The van der Waals surface area contributed by atoms with Crippen molar-refractivity contribution in [2.24, 2.45) is 5.73 Å². The summed E-state index contributed by atoms with van der Waals surface area (Å²) in [7, 11) is 0. The highest BCUT2D eigenvalue weighted by atomic mass is 16.2. The standard InChI is InChI=1S/C25H29N7O2/c1-17(26)24(34)32-15-13-31(14-16-32)22-9-7-21(8-10-22)29-25-27-12-11-23(30-25)19-3-5-20(6-4-19)28-18(2)33/h3-12,17H,13-16,26H2,1-2H3,(H,28,33)(H,27,29,30)/t17-/m1/s1. The largest absolute Gasteiger partial charge is 0.368 e. The number of aromatic nitrogens is 2. The first-order valence-corrected chi connectivity index (χ1v) is 11.3. The summed E-state index contributed by atoms with van der Waals surface area (Å²) in [6.45, 7) is 6.10. The van der Waals surface area contributed by atoms with Crippen LogP contribution in [0.4, 0.5) is 23.0 Å². The molecule has 1 aliphatic rings. The number of nitrogens with two attached hydrogens (primary N) is 1. The van der Waals surface area contributed by atoms with E-state index in [0.29, 0.717) is 19.0 Å². The summed E-state index contributed by atoms with van der Waals surface area (Å²) in [6.07, 6.45) is 1.71. The Morgan fingerprint density at radius 1 is 0.941 bits per heavy atom. The summed E-state index contributed by atoms with van der Waals surface area (Å²) in [6, 6.07) is 17.0. The number of benzene rings is 2. The smallest absolute Gasteiger partial charge is 0.239 e. The van der Waals surface area contributed by atoms with Gasteiger partial charge < -0.3 is 26.2 Å². The van der Waals surface area contributed by atoms with E-state index in [1.54, 1.807) is 13.1 Å². The molecule has 4 N–H and O–H groups in total. The molecule has 0 saturated carbocycles. The number of anilines is 4. The predicted molar refractivity (Wildman–Crippen MR) is 134 cm³/mol. The van der Waals surface area contributed by atoms with Gasteiger partial charge in [-0.3, -0.25) is 9.59 Å². The molecule has 2 heterocycles. The van der Waals surface area contributed by atoms with Gasteiger partial charge >= 0.3 is 0 Å². The van der Waals surface area contributed by atoms with Gasteiger partial charge in [0.15, 0.2) is 0 Å². The number of amides is 2. The first kappa shape index (κ1) is 23.2. The van der Waals surface area contributed by atoms with Crippen molar-refractivity contribution < 1.29 is 9.59 Å². The normalized spacial score (nSPS) is 14.4. The first-order chi connectivity index (χ1) is 16.4. The summed E-state index contributed by atoms with van der Waals surface area (Å²) >= 11 is 0. The van der Waals surface area contributed by atoms with Crippen molar-refractivity contribution in [3.8, 4) is 11.3 Å². The Morgan fingerprint density at radius 2 is 1.59 bits per heavy atom. The Morgan fingerprint density at radius 3 is 2.21 bits per heavy atom. The van der Waals surface area contributed by atoms with Crippen molar-refractivity contribution in [1.82, 2.24) is 14.9 Å². The van der Waals surface area contributed by atoms with E-state index >= 15 is 0 Å². The van der Waals surface area contributed by atoms with Crippen LogP contribution in [-0.2, 0) is 9.59 Å². The minimum atomic E-state index is -0.458. The summed E-state index contributed by atoms with van der Waals surface area (Å²) < 4.78 is 0. The third kappa shape index (κ3) is 5.68. The van der Waals surface area contributed by atoms with Crippen LogP contribution in [-0.4, -0.2) is 58.9 Å². The monoisotopic (exact) mass is 459 g/mol. The fourth-order valence-electron chi connectivity index (χ4n) is 3.86. The van der Waals surface area contributed by atoms with Gasteiger partial charge in [-0.05, 0) is 49.4 Å². The maximum absolute atomic E-state index is 12.1. The van der Waals surface area contributed by atoms with Crippen LogP contribution < -0.4 is 21.3 Å². The first-order valence-electron chi connectivity index (χ1n) is 11.3. The summed E-state index contributed by atoms with van der Waals surface area (Å²) in [4.78, 5) is 36.3. The van der Waals surface area contributed by atoms with Crippen molar-refractivity contribution in [1.29, 1.82) is 0 Å². The summed E-state index contributed by atoms with van der Waals surface area (Å²) in [5.74, 6) is 0.398. The molecule has 0 aliphatic carbocycles. The van der Waals surface area contributed by atoms with E-state index in [1.165, 1.54) is 6.92 Å². The maximum Gasteiger partial charge on any atom is 0.239 e. The SMILES string of the molecule is CC(=O)Nc1ccc(-c2ccnc(Nc3ccc(N4CCN(C(=O)[C@@H](C)N)CC4)cc3)n2)cc1. The topological polar surface area (TPSA) is 116 Å². The lowest BCUT2D eigenvalue weighted by Crippen LogP contribution is -2.52. The molecule has 1 aliphatic heterocycles. The second kappa shape index (κ2) is 10.3. The average Bonchev–Trinajstić information content (AvgIpc) is 2.84. The molecule has 1 atom stereocenters. The Kier molecular flexibility index (Phi) is 7.03. The number of nitrogens with one attached hydrogen (secondary N) is 2. The highest BCUT2D eigenvalue weighted by Crippen LogP contribution is 2.23. The number of carbonyl (C=O) groups excluding carboxylic acids is 2. The lowest BCUT2D eigenvalue weighted by atomic mass is 10.1. The van der Waals surface area contributed by atoms with Gasteiger partial charge in [0.2, 0.25) is 17.8 Å². The van der Waals surface area contributed by atoms with Gasteiger partial charge in [0.05, 0.1) is 11.7 Å². The molecule has 1 fully saturated rings. The number of hydrogen-bond acceptors (Lipinski definition) is 7. The van der Waals surface area contributed by atoms with Gasteiger partial charge in [-0.2, -0.15) is 0 Å². The van der Waals surface area contributed by atoms with E-state index in [0.717, 1.165) is 41.4 Å². The van der Waals surface area contributed by atoms with E-state index in [-0.39, 0.29) is 11.8 Å². The second-order valence-electron chi connectivity index (χ2n) is 8.30. The number of piperazine rings is 1. The fourth-order valence-corrected chi connectivity index (χ4v) is 3.86. The Bertz CT molecular complexity index is 1140. The number of hydrogen-bond donors (Lipinski definition) is 3. The minimum Gasteiger partial charge on any atom is -0.368 e. The summed E-state index contributed by atoms with van der Waals surface area (Å²) in [5, 5.41) is 6.01. The maximum atomic E-state index is 12.1. The predicted octanol–water partition coefficient (Wildman–Crippen LogP) is 2.84. The highest BCUT2D eigenvalue weighted by molar-refractivity contribution is 5.89. The molecule has 2 amide bonds. The molecular weight excluding hydrogens is 430 g/mol. The number of carbonyl (C=O) groups is 2. The quantitative estimate of drug-likeness (QED) is 0.519. The minimum absolute atomic E-state index is 0.00472. The molecule has 0 bridgehead atoms.